The first kappa shape index (κ1) is 13.6. The van der Waals surface area contributed by atoms with Crippen LogP contribution >= 0.6 is 11.3 Å². The molecular weight excluding hydrogens is 272 g/mol. The van der Waals surface area contributed by atoms with Gasteiger partial charge in [-0.05, 0) is 30.2 Å². The topological polar surface area (TPSA) is 40.6 Å². The van der Waals surface area contributed by atoms with Gasteiger partial charge in [0, 0.05) is 37.5 Å². The van der Waals surface area contributed by atoms with Crippen molar-refractivity contribution in [3.8, 4) is 0 Å². The van der Waals surface area contributed by atoms with Gasteiger partial charge in [0.1, 0.15) is 0 Å². The van der Waals surface area contributed by atoms with Crippen molar-refractivity contribution in [1.82, 2.24) is 9.80 Å². The lowest BCUT2D eigenvalue weighted by Crippen LogP contribution is -2.38. The summed E-state index contributed by atoms with van der Waals surface area (Å²) in [6.45, 7) is 5.00. The van der Waals surface area contributed by atoms with Gasteiger partial charge in [0.2, 0.25) is 5.91 Å². The molecule has 20 heavy (non-hydrogen) atoms. The Labute approximate surface area is 123 Å². The van der Waals surface area contributed by atoms with E-state index in [1.165, 1.54) is 0 Å². The second-order valence-electron chi connectivity index (χ2n) is 5.80. The molecule has 2 unspecified atom stereocenters. The number of thiophene rings is 1. The summed E-state index contributed by atoms with van der Waals surface area (Å²) in [4.78, 5) is 28.4. The average molecular weight is 292 g/mol. The average Bonchev–Trinajstić information content (AvgIpc) is 3.02. The van der Waals surface area contributed by atoms with Gasteiger partial charge in [0.05, 0.1) is 5.56 Å². The molecule has 4 nitrogen and oxygen atoms in total. The standard InChI is InChI=1S/C15H20N2O2S/c1-11-9-13(11)15(19)17-5-2-4-16(6-7-17)14(18)12-3-8-20-10-12/h3,8,10-11,13H,2,4-7,9H2,1H3. The van der Waals surface area contributed by atoms with E-state index in [4.69, 9.17) is 0 Å². The number of carbonyl (C=O) groups excluding carboxylic acids is 2. The smallest absolute Gasteiger partial charge is 0.254 e. The summed E-state index contributed by atoms with van der Waals surface area (Å²) in [5.41, 5.74) is 0.769. The fourth-order valence-corrected chi connectivity index (χ4v) is 3.44. The highest BCUT2D eigenvalue weighted by molar-refractivity contribution is 7.08. The lowest BCUT2D eigenvalue weighted by atomic mass is 10.3. The third-order valence-electron chi connectivity index (χ3n) is 4.29. The third-order valence-corrected chi connectivity index (χ3v) is 4.97. The van der Waals surface area contributed by atoms with E-state index in [9.17, 15) is 9.59 Å². The van der Waals surface area contributed by atoms with E-state index in [0.29, 0.717) is 24.9 Å². The third kappa shape index (κ3) is 2.73. The van der Waals surface area contributed by atoms with Crippen LogP contribution in [0.25, 0.3) is 0 Å². The first-order valence-corrected chi connectivity index (χ1v) is 8.21. The Morgan fingerprint density at radius 3 is 2.55 bits per heavy atom. The van der Waals surface area contributed by atoms with E-state index < -0.39 is 0 Å². The molecule has 0 N–H and O–H groups in total. The van der Waals surface area contributed by atoms with Gasteiger partial charge in [-0.15, -0.1) is 0 Å². The fraction of sp³-hybridized carbons (Fsp3) is 0.600. The molecule has 1 aromatic rings. The van der Waals surface area contributed by atoms with Crippen LogP contribution in [0.4, 0.5) is 0 Å². The minimum Gasteiger partial charge on any atom is -0.341 e. The number of hydrogen-bond donors (Lipinski definition) is 0. The van der Waals surface area contributed by atoms with Crippen LogP contribution in [0, 0.1) is 11.8 Å². The van der Waals surface area contributed by atoms with Gasteiger partial charge in [0.15, 0.2) is 0 Å². The Morgan fingerprint density at radius 2 is 1.90 bits per heavy atom. The van der Waals surface area contributed by atoms with Crippen LogP contribution in [0.3, 0.4) is 0 Å². The van der Waals surface area contributed by atoms with Crippen LogP contribution in [0.5, 0.6) is 0 Å². The van der Waals surface area contributed by atoms with Gasteiger partial charge in [0.25, 0.3) is 5.91 Å². The Kier molecular flexibility index (Phi) is 3.78. The maximum atomic E-state index is 12.3. The summed E-state index contributed by atoms with van der Waals surface area (Å²) in [6, 6.07) is 1.87. The molecule has 2 atom stereocenters. The SMILES string of the molecule is CC1CC1C(=O)N1CCCN(C(=O)c2ccsc2)CC1. The fourth-order valence-electron chi connectivity index (χ4n) is 2.81. The lowest BCUT2D eigenvalue weighted by molar-refractivity contribution is -0.132. The highest BCUT2D eigenvalue weighted by Crippen LogP contribution is 2.39. The van der Waals surface area contributed by atoms with E-state index >= 15 is 0 Å². The number of carbonyl (C=O) groups is 2. The highest BCUT2D eigenvalue weighted by Gasteiger charge is 2.41. The molecule has 0 radical (unpaired) electrons. The maximum absolute atomic E-state index is 12.3. The Bertz CT molecular complexity index is 500. The van der Waals surface area contributed by atoms with E-state index in [2.05, 4.69) is 6.92 Å². The molecular formula is C15H20N2O2S. The van der Waals surface area contributed by atoms with Gasteiger partial charge >= 0.3 is 0 Å². The molecule has 2 amide bonds. The first-order chi connectivity index (χ1) is 9.66. The Balaban J connectivity index is 1.59. The van der Waals surface area contributed by atoms with Crippen molar-refractivity contribution >= 4 is 23.2 Å². The molecule has 2 heterocycles. The van der Waals surface area contributed by atoms with E-state index in [1.54, 1.807) is 11.3 Å². The summed E-state index contributed by atoms with van der Waals surface area (Å²) < 4.78 is 0. The van der Waals surface area contributed by atoms with Crippen LogP contribution in [0.2, 0.25) is 0 Å². The molecule has 1 saturated carbocycles. The van der Waals surface area contributed by atoms with Crippen molar-refractivity contribution < 1.29 is 9.59 Å². The van der Waals surface area contributed by atoms with Gasteiger partial charge in [-0.2, -0.15) is 11.3 Å². The minimum absolute atomic E-state index is 0.0975. The quantitative estimate of drug-likeness (QED) is 0.837. The normalized spacial score (nSPS) is 26.2. The van der Waals surface area contributed by atoms with Gasteiger partial charge in [-0.1, -0.05) is 6.92 Å². The second kappa shape index (κ2) is 5.56. The Morgan fingerprint density at radius 1 is 1.20 bits per heavy atom. The molecule has 0 aromatic carbocycles. The molecule has 0 spiro atoms. The van der Waals surface area contributed by atoms with Gasteiger partial charge < -0.3 is 9.80 Å². The molecule has 2 fully saturated rings. The van der Waals surface area contributed by atoms with E-state index in [0.717, 1.165) is 31.5 Å². The zero-order chi connectivity index (χ0) is 14.1. The molecule has 5 heteroatoms. The molecule has 3 rings (SSSR count). The molecule has 1 aliphatic carbocycles. The molecule has 1 aliphatic heterocycles. The molecule has 1 aromatic heterocycles. The molecule has 2 aliphatic rings. The highest BCUT2D eigenvalue weighted by atomic mass is 32.1. The van der Waals surface area contributed by atoms with Crippen molar-refractivity contribution in [3.05, 3.63) is 22.4 Å². The monoisotopic (exact) mass is 292 g/mol. The van der Waals surface area contributed by atoms with Crippen molar-refractivity contribution in [1.29, 1.82) is 0 Å². The predicted octanol–water partition coefficient (Wildman–Crippen LogP) is 2.08. The largest absolute Gasteiger partial charge is 0.341 e. The van der Waals surface area contributed by atoms with Crippen molar-refractivity contribution in [3.63, 3.8) is 0 Å². The van der Waals surface area contributed by atoms with Crippen LogP contribution in [0.1, 0.15) is 30.1 Å². The summed E-state index contributed by atoms with van der Waals surface area (Å²) in [5.74, 6) is 1.19. The van der Waals surface area contributed by atoms with Crippen molar-refractivity contribution in [2.45, 2.75) is 19.8 Å². The molecule has 0 bridgehead atoms. The van der Waals surface area contributed by atoms with E-state index in [1.807, 2.05) is 26.6 Å². The van der Waals surface area contributed by atoms with Crippen LogP contribution < -0.4 is 0 Å². The maximum Gasteiger partial charge on any atom is 0.254 e. The summed E-state index contributed by atoms with van der Waals surface area (Å²) >= 11 is 1.54. The molecule has 108 valence electrons. The van der Waals surface area contributed by atoms with Gasteiger partial charge in [-0.3, -0.25) is 9.59 Å². The second-order valence-corrected chi connectivity index (χ2v) is 6.58. The van der Waals surface area contributed by atoms with Gasteiger partial charge in [-0.25, -0.2) is 0 Å². The van der Waals surface area contributed by atoms with Crippen molar-refractivity contribution in [2.24, 2.45) is 11.8 Å². The zero-order valence-electron chi connectivity index (χ0n) is 11.7. The first-order valence-electron chi connectivity index (χ1n) is 7.27. The van der Waals surface area contributed by atoms with E-state index in [-0.39, 0.29) is 11.8 Å². The Hall–Kier alpha value is -1.36. The molecule has 1 saturated heterocycles. The zero-order valence-corrected chi connectivity index (χ0v) is 12.6. The number of hydrogen-bond acceptors (Lipinski definition) is 3. The number of nitrogens with zero attached hydrogens (tertiary/aromatic N) is 2. The predicted molar refractivity (Wildman–Crippen MR) is 78.7 cm³/mol. The number of rotatable bonds is 2. The van der Waals surface area contributed by atoms with Crippen LogP contribution in [-0.2, 0) is 4.79 Å². The lowest BCUT2D eigenvalue weighted by Gasteiger charge is -2.22. The minimum atomic E-state index is 0.0975. The van der Waals surface area contributed by atoms with Crippen molar-refractivity contribution in [2.75, 3.05) is 26.2 Å². The summed E-state index contributed by atoms with van der Waals surface area (Å²) in [7, 11) is 0. The summed E-state index contributed by atoms with van der Waals surface area (Å²) in [5, 5.41) is 3.82. The van der Waals surface area contributed by atoms with Crippen LogP contribution in [0.15, 0.2) is 16.8 Å². The summed E-state index contributed by atoms with van der Waals surface area (Å²) in [6.07, 6.45) is 1.91. The number of amides is 2. The van der Waals surface area contributed by atoms with Crippen LogP contribution in [-0.4, -0.2) is 47.8 Å².